The summed E-state index contributed by atoms with van der Waals surface area (Å²) < 4.78 is 11.4. The topological polar surface area (TPSA) is 94.5 Å². The standard InChI is InChI=1S/C11H15BN2O5/c1-10(2)11(3,4)19-12(18-10)7-5-13-6-8(9(7)15)14(16)17/h5-6H,1-4H3,(H,13,15). The predicted octanol–water partition coefficient (Wildman–Crippen LogP) is 0.582. The van der Waals surface area contributed by atoms with Gasteiger partial charge >= 0.3 is 12.8 Å². The predicted molar refractivity (Wildman–Crippen MR) is 69.4 cm³/mol. The molecule has 1 aliphatic rings. The van der Waals surface area contributed by atoms with Gasteiger partial charge in [0.2, 0.25) is 0 Å². The Morgan fingerprint density at radius 1 is 1.21 bits per heavy atom. The van der Waals surface area contributed by atoms with Crippen molar-refractivity contribution in [2.75, 3.05) is 0 Å². The number of aromatic amines is 1. The summed E-state index contributed by atoms with van der Waals surface area (Å²) in [5.74, 6) is 0. The Hall–Kier alpha value is -1.67. The van der Waals surface area contributed by atoms with Gasteiger partial charge in [0.15, 0.2) is 0 Å². The van der Waals surface area contributed by atoms with Crippen molar-refractivity contribution in [2.45, 2.75) is 38.9 Å². The minimum absolute atomic E-state index is 0.104. The third-order valence-corrected chi connectivity index (χ3v) is 3.66. The number of hydrogen-bond acceptors (Lipinski definition) is 5. The largest absolute Gasteiger partial charge is 0.500 e. The second-order valence-electron chi connectivity index (χ2n) is 5.47. The number of rotatable bonds is 2. The lowest BCUT2D eigenvalue weighted by atomic mass is 9.80. The van der Waals surface area contributed by atoms with Gasteiger partial charge in [-0.2, -0.15) is 0 Å². The van der Waals surface area contributed by atoms with E-state index >= 15 is 0 Å². The number of pyridine rings is 1. The summed E-state index contributed by atoms with van der Waals surface area (Å²) >= 11 is 0. The summed E-state index contributed by atoms with van der Waals surface area (Å²) in [7, 11) is -0.909. The highest BCUT2D eigenvalue weighted by atomic mass is 16.7. The maximum absolute atomic E-state index is 12.0. The van der Waals surface area contributed by atoms with Crippen LogP contribution in [-0.2, 0) is 9.31 Å². The van der Waals surface area contributed by atoms with Crippen LogP contribution in [0.15, 0.2) is 17.2 Å². The SMILES string of the molecule is CC1(C)OB(c2c[nH]cc([N+](=O)[O-])c2=O)OC1(C)C. The second-order valence-corrected chi connectivity index (χ2v) is 5.47. The fourth-order valence-electron chi connectivity index (χ4n) is 1.77. The molecule has 1 fully saturated rings. The van der Waals surface area contributed by atoms with Crippen LogP contribution in [0, 0.1) is 10.1 Å². The van der Waals surface area contributed by atoms with Crippen LogP contribution >= 0.6 is 0 Å². The van der Waals surface area contributed by atoms with E-state index in [2.05, 4.69) is 4.98 Å². The molecular formula is C11H15BN2O5. The molecule has 0 saturated carbocycles. The van der Waals surface area contributed by atoms with E-state index in [-0.39, 0.29) is 5.46 Å². The summed E-state index contributed by atoms with van der Waals surface area (Å²) in [6.45, 7) is 7.38. The highest BCUT2D eigenvalue weighted by Gasteiger charge is 2.52. The van der Waals surface area contributed by atoms with Crippen LogP contribution in [0.2, 0.25) is 0 Å². The first-order valence-corrected chi connectivity index (χ1v) is 5.87. The lowest BCUT2D eigenvalue weighted by Gasteiger charge is -2.32. The first-order chi connectivity index (χ1) is 8.66. The third kappa shape index (κ3) is 2.17. The molecule has 7 nitrogen and oxygen atoms in total. The molecule has 8 heteroatoms. The summed E-state index contributed by atoms with van der Waals surface area (Å²) in [5, 5.41) is 10.7. The molecule has 0 atom stereocenters. The lowest BCUT2D eigenvalue weighted by Crippen LogP contribution is -2.44. The summed E-state index contributed by atoms with van der Waals surface area (Å²) in [5.41, 5.74) is -2.31. The van der Waals surface area contributed by atoms with Crippen LogP contribution in [-0.4, -0.2) is 28.2 Å². The molecular weight excluding hydrogens is 251 g/mol. The Labute approximate surface area is 110 Å². The minimum atomic E-state index is -0.909. The molecule has 1 aliphatic heterocycles. The molecule has 1 saturated heterocycles. The van der Waals surface area contributed by atoms with Gasteiger partial charge in [0.05, 0.1) is 27.8 Å². The number of nitro groups is 1. The van der Waals surface area contributed by atoms with E-state index in [9.17, 15) is 14.9 Å². The molecule has 1 aromatic heterocycles. The maximum Gasteiger partial charge on any atom is 0.500 e. The molecule has 1 aromatic rings. The highest BCUT2D eigenvalue weighted by molar-refractivity contribution is 6.62. The van der Waals surface area contributed by atoms with Crippen molar-refractivity contribution >= 4 is 18.3 Å². The van der Waals surface area contributed by atoms with Gasteiger partial charge in [0, 0.05) is 6.20 Å². The second kappa shape index (κ2) is 4.17. The van der Waals surface area contributed by atoms with Crippen LogP contribution in [0.3, 0.4) is 0 Å². The van der Waals surface area contributed by atoms with Crippen LogP contribution < -0.4 is 10.9 Å². The van der Waals surface area contributed by atoms with Crippen molar-refractivity contribution in [3.8, 4) is 0 Å². The van der Waals surface area contributed by atoms with Crippen LogP contribution in [0.5, 0.6) is 0 Å². The normalized spacial score (nSPS) is 20.5. The van der Waals surface area contributed by atoms with Gasteiger partial charge in [-0.05, 0) is 27.7 Å². The van der Waals surface area contributed by atoms with E-state index in [1.807, 2.05) is 27.7 Å². The molecule has 1 N–H and O–H groups in total. The Kier molecular flexibility index (Phi) is 3.02. The number of aromatic nitrogens is 1. The molecule has 0 aliphatic carbocycles. The lowest BCUT2D eigenvalue weighted by molar-refractivity contribution is -0.386. The molecule has 2 rings (SSSR count). The average molecular weight is 266 g/mol. The fraction of sp³-hybridized carbons (Fsp3) is 0.545. The van der Waals surface area contributed by atoms with Gasteiger partial charge in [0.25, 0.3) is 5.43 Å². The quantitative estimate of drug-likeness (QED) is 0.480. The zero-order valence-electron chi connectivity index (χ0n) is 11.2. The van der Waals surface area contributed by atoms with E-state index in [0.717, 1.165) is 6.20 Å². The van der Waals surface area contributed by atoms with E-state index < -0.39 is 34.4 Å². The Morgan fingerprint density at radius 3 is 2.21 bits per heavy atom. The van der Waals surface area contributed by atoms with Crippen molar-refractivity contribution in [2.24, 2.45) is 0 Å². The van der Waals surface area contributed by atoms with Gasteiger partial charge in [-0.3, -0.25) is 14.9 Å². The highest BCUT2D eigenvalue weighted by Crippen LogP contribution is 2.36. The zero-order chi connectivity index (χ0) is 14.4. The van der Waals surface area contributed by atoms with Gasteiger partial charge in [0.1, 0.15) is 0 Å². The molecule has 0 amide bonds. The van der Waals surface area contributed by atoms with Crippen molar-refractivity contribution in [3.63, 3.8) is 0 Å². The zero-order valence-corrected chi connectivity index (χ0v) is 11.2. The molecule has 102 valence electrons. The Morgan fingerprint density at radius 2 is 1.74 bits per heavy atom. The first-order valence-electron chi connectivity index (χ1n) is 5.87. The molecule has 0 unspecified atom stereocenters. The van der Waals surface area contributed by atoms with Crippen molar-refractivity contribution in [1.29, 1.82) is 0 Å². The molecule has 0 aromatic carbocycles. The van der Waals surface area contributed by atoms with Gasteiger partial charge < -0.3 is 14.3 Å². The van der Waals surface area contributed by atoms with Gasteiger partial charge in [-0.25, -0.2) is 0 Å². The van der Waals surface area contributed by atoms with Crippen molar-refractivity contribution < 1.29 is 14.2 Å². The summed E-state index contributed by atoms with van der Waals surface area (Å²) in [4.78, 5) is 24.6. The molecule has 0 spiro atoms. The van der Waals surface area contributed by atoms with Gasteiger partial charge in [-0.15, -0.1) is 0 Å². The average Bonchev–Trinajstić information content (AvgIpc) is 2.47. The van der Waals surface area contributed by atoms with Crippen molar-refractivity contribution in [1.82, 2.24) is 4.98 Å². The molecule has 2 heterocycles. The minimum Gasteiger partial charge on any atom is -0.399 e. The van der Waals surface area contributed by atoms with Crippen molar-refractivity contribution in [3.05, 3.63) is 32.7 Å². The number of nitrogens with one attached hydrogen (secondary N) is 1. The van der Waals surface area contributed by atoms with E-state index in [0.29, 0.717) is 0 Å². The third-order valence-electron chi connectivity index (χ3n) is 3.66. The maximum atomic E-state index is 12.0. The number of H-pyrrole nitrogens is 1. The van der Waals surface area contributed by atoms with Crippen LogP contribution in [0.4, 0.5) is 5.69 Å². The van der Waals surface area contributed by atoms with E-state index in [1.54, 1.807) is 0 Å². The van der Waals surface area contributed by atoms with E-state index in [1.165, 1.54) is 6.20 Å². The fourth-order valence-corrected chi connectivity index (χ4v) is 1.77. The monoisotopic (exact) mass is 266 g/mol. The molecule has 0 bridgehead atoms. The molecule has 19 heavy (non-hydrogen) atoms. The Bertz CT molecular complexity index is 565. The summed E-state index contributed by atoms with van der Waals surface area (Å²) in [6.07, 6.45) is 2.43. The van der Waals surface area contributed by atoms with Crippen LogP contribution in [0.1, 0.15) is 27.7 Å². The smallest absolute Gasteiger partial charge is 0.399 e. The number of hydrogen-bond donors (Lipinski definition) is 1. The first kappa shape index (κ1) is 13.8. The summed E-state index contributed by atoms with van der Waals surface area (Å²) in [6, 6.07) is 0. The van der Waals surface area contributed by atoms with E-state index in [4.69, 9.17) is 9.31 Å². The van der Waals surface area contributed by atoms with Gasteiger partial charge in [-0.1, -0.05) is 0 Å². The van der Waals surface area contributed by atoms with Crippen LogP contribution in [0.25, 0.3) is 0 Å². The number of nitrogens with zero attached hydrogens (tertiary/aromatic N) is 1. The molecule has 0 radical (unpaired) electrons. The Balaban J connectivity index is 2.44.